The van der Waals surface area contributed by atoms with E-state index in [1.807, 2.05) is 0 Å². The summed E-state index contributed by atoms with van der Waals surface area (Å²) in [6.07, 6.45) is 31.4. The minimum absolute atomic E-state index is 0. The van der Waals surface area contributed by atoms with E-state index < -0.39 is 17.9 Å². The average Bonchev–Trinajstić information content (AvgIpc) is 2.99. The molecule has 6 nitrogen and oxygen atoms in total. The van der Waals surface area contributed by atoms with Gasteiger partial charge in [-0.1, -0.05) is 0 Å². The van der Waals surface area contributed by atoms with Gasteiger partial charge < -0.3 is 24.8 Å². The number of hydrogen-bond acceptors (Lipinski definition) is 4. The Morgan fingerprint density at radius 2 is 0.644 bits per heavy atom. The van der Waals surface area contributed by atoms with Gasteiger partial charge in [0.1, 0.15) is 0 Å². The summed E-state index contributed by atoms with van der Waals surface area (Å²) < 4.78 is 19.3. The van der Waals surface area contributed by atoms with Crippen molar-refractivity contribution < 1.29 is 58.9 Å². The van der Waals surface area contributed by atoms with Gasteiger partial charge >= 0.3 is 274 Å². The van der Waals surface area contributed by atoms with E-state index in [-0.39, 0.29) is 36.6 Å². The van der Waals surface area contributed by atoms with Crippen molar-refractivity contribution in [3.05, 3.63) is 0 Å². The van der Waals surface area contributed by atoms with Crippen LogP contribution in [0.15, 0.2) is 0 Å². The first-order valence-electron chi connectivity index (χ1n) is 18.9. The third-order valence-electron chi connectivity index (χ3n) is 8.23. The van der Waals surface area contributed by atoms with Crippen molar-refractivity contribution in [3.63, 3.8) is 0 Å². The fourth-order valence-electron chi connectivity index (χ4n) is 5.39. The summed E-state index contributed by atoms with van der Waals surface area (Å²) in [4.78, 5) is 26.3. The van der Waals surface area contributed by atoms with Gasteiger partial charge in [-0.3, -0.25) is 0 Å². The van der Waals surface area contributed by atoms with Crippen molar-refractivity contribution in [1.29, 1.82) is 0 Å². The smallest absolute Gasteiger partial charge is 1.00 e. The second-order valence-electron chi connectivity index (χ2n) is 12.7. The third kappa shape index (κ3) is 33.8. The van der Waals surface area contributed by atoms with Crippen LogP contribution in [0.5, 0.6) is 0 Å². The molecule has 2 N–H and O–H groups in total. The monoisotopic (exact) mass is 716 g/mol. The zero-order valence-electron chi connectivity index (χ0n) is 30.1. The molecule has 45 heavy (non-hydrogen) atoms. The van der Waals surface area contributed by atoms with Crippen LogP contribution < -0.4 is 32.4 Å². The molecule has 270 valence electrons. The Balaban J connectivity index is -0.00000882. The van der Waals surface area contributed by atoms with Crippen molar-refractivity contribution in [3.8, 4) is 0 Å². The largest absolute Gasteiger partial charge is 1.00 e. The van der Waals surface area contributed by atoms with Crippen LogP contribution in [-0.2, 0) is 34.1 Å². The van der Waals surface area contributed by atoms with Gasteiger partial charge in [0, 0.05) is 0 Å². The van der Waals surface area contributed by atoms with E-state index in [0.717, 1.165) is 64.2 Å². The average molecular weight is 718 g/mol. The summed E-state index contributed by atoms with van der Waals surface area (Å²) in [5.41, 5.74) is 0. The summed E-state index contributed by atoms with van der Waals surface area (Å²) in [5, 5.41) is 0. The fourth-order valence-corrected chi connectivity index (χ4v) is 8.96. The molecule has 0 saturated carbocycles. The molecule has 9 heteroatoms. The third-order valence-corrected chi connectivity index (χ3v) is 12.0. The summed E-state index contributed by atoms with van der Waals surface area (Å²) in [6, 6.07) is 0. The molecule has 2 amide bonds. The predicted molar refractivity (Wildman–Crippen MR) is 180 cm³/mol. The van der Waals surface area contributed by atoms with E-state index >= 15 is 0 Å². The molecule has 0 bridgehead atoms. The maximum atomic E-state index is 13.2. The number of rotatable bonds is 34. The van der Waals surface area contributed by atoms with Crippen molar-refractivity contribution in [1.82, 2.24) is 7.60 Å². The molecule has 0 spiro atoms. The maximum absolute atomic E-state index is 13.2. The number of halogens is 2. The number of nitrogens with one attached hydrogen (secondary N) is 2. The molecule has 0 heterocycles. The van der Waals surface area contributed by atoms with Crippen molar-refractivity contribution in [2.45, 2.75) is 207 Å². The molecule has 0 atom stereocenters. The number of unbranched alkanes of at least 4 members (excludes halogenated alkanes) is 22. The predicted octanol–water partition coefficient (Wildman–Crippen LogP) is 5.08. The quantitative estimate of drug-likeness (QED) is 0.0720. The van der Waals surface area contributed by atoms with E-state index in [1.165, 1.54) is 103 Å². The van der Waals surface area contributed by atoms with Gasteiger partial charge in [0.2, 0.25) is 0 Å². The minimum Gasteiger partial charge on any atom is -1.00 e. The molecule has 0 aliphatic heterocycles. The molecule has 0 radical (unpaired) electrons. The van der Waals surface area contributed by atoms with Gasteiger partial charge in [-0.05, 0) is 0 Å². The number of carbonyl (C=O) groups is 2. The van der Waals surface area contributed by atoms with Gasteiger partial charge in [0.15, 0.2) is 0 Å². The standard InChI is InChI=1S/2C10H21O.2C8H17NO.2ClH.Ti/c2*1-2-3-4-5-6-7-8-9-10-11;2*1-2-3-4-5-6-7-8(9)10;;;/h2*2-10H2,1H3;2*2-7H2,1H3,(H2,9,10);2*1H;/q2*-1;;;;;+6/p-4. The SMILES string of the molecule is CCCCCCCCCC[O][Ti+2]([NH]C(=O)CCCCCCC)([NH]C(=O)CCCCCCC)[O]CCCCCCCCCC.[Cl-].[Cl-]. The minimum atomic E-state index is -4.10. The Bertz CT molecular complexity index is 580. The van der Waals surface area contributed by atoms with E-state index in [4.69, 9.17) is 6.64 Å². The van der Waals surface area contributed by atoms with E-state index in [1.54, 1.807) is 0 Å². The molecule has 0 saturated heterocycles. The maximum Gasteiger partial charge on any atom is -1.00 e. The molecule has 0 aliphatic carbocycles. The Kier molecular flexibility index (Phi) is 42.5. The topological polar surface area (TPSA) is 76.7 Å². The molecular weight excluding hydrogens is 643 g/mol. The summed E-state index contributed by atoms with van der Waals surface area (Å²) >= 11 is -4.10. The first-order chi connectivity index (χ1) is 21.0. The van der Waals surface area contributed by atoms with Crippen LogP contribution in [0.25, 0.3) is 0 Å². The van der Waals surface area contributed by atoms with Crippen LogP contribution in [-0.4, -0.2) is 25.0 Å². The van der Waals surface area contributed by atoms with Crippen molar-refractivity contribution in [2.24, 2.45) is 0 Å². The second kappa shape index (κ2) is 38.6. The van der Waals surface area contributed by atoms with Gasteiger partial charge in [-0.2, -0.15) is 0 Å². The Morgan fingerprint density at radius 3 is 0.933 bits per heavy atom. The van der Waals surface area contributed by atoms with Gasteiger partial charge in [0.05, 0.1) is 0 Å². The molecule has 0 unspecified atom stereocenters. The molecule has 0 aromatic heterocycles. The number of amides is 2. The summed E-state index contributed by atoms with van der Waals surface area (Å²) in [5.74, 6) is -0.0711. The first-order valence-corrected chi connectivity index (χ1v) is 21.8. The Hall–Kier alpha value is 0.154. The Morgan fingerprint density at radius 1 is 0.400 bits per heavy atom. The normalized spacial score (nSPS) is 10.8. The first kappa shape index (κ1) is 49.5. The second-order valence-corrected chi connectivity index (χ2v) is 16.3. The van der Waals surface area contributed by atoms with Crippen LogP contribution in [0.4, 0.5) is 0 Å². The molecule has 0 fully saturated rings. The van der Waals surface area contributed by atoms with Gasteiger partial charge in [-0.15, -0.1) is 0 Å². The van der Waals surface area contributed by atoms with Crippen LogP contribution >= 0.6 is 0 Å². The molecular formula is C36H74Cl2N2O4Ti. The van der Waals surface area contributed by atoms with E-state index in [0.29, 0.717) is 26.1 Å². The van der Waals surface area contributed by atoms with Crippen LogP contribution in [0.3, 0.4) is 0 Å². The van der Waals surface area contributed by atoms with Crippen LogP contribution in [0, 0.1) is 0 Å². The molecule has 0 aromatic rings. The molecule has 0 aromatic carbocycles. The molecule has 0 aliphatic rings. The van der Waals surface area contributed by atoms with E-state index in [9.17, 15) is 9.59 Å². The number of hydrogen-bond donors (Lipinski definition) is 2. The van der Waals surface area contributed by atoms with Crippen molar-refractivity contribution in [2.75, 3.05) is 13.2 Å². The zero-order chi connectivity index (χ0) is 31.7. The zero-order valence-corrected chi connectivity index (χ0v) is 33.2. The van der Waals surface area contributed by atoms with Gasteiger partial charge in [0.25, 0.3) is 0 Å². The summed E-state index contributed by atoms with van der Waals surface area (Å²) in [7, 11) is 0. The molecule has 0 rings (SSSR count). The van der Waals surface area contributed by atoms with Crippen LogP contribution in [0.1, 0.15) is 207 Å². The number of carbonyl (C=O) groups excluding carboxylic acids is 2. The summed E-state index contributed by atoms with van der Waals surface area (Å²) in [6.45, 7) is 9.97. The van der Waals surface area contributed by atoms with Crippen molar-refractivity contribution >= 4 is 11.8 Å². The van der Waals surface area contributed by atoms with Gasteiger partial charge in [-0.25, -0.2) is 0 Å². The van der Waals surface area contributed by atoms with Crippen LogP contribution in [0.2, 0.25) is 0 Å². The van der Waals surface area contributed by atoms with E-state index in [2.05, 4.69) is 35.3 Å². The fraction of sp³-hybridized carbons (Fsp3) is 0.944. The Labute approximate surface area is 297 Å².